The van der Waals surface area contributed by atoms with Crippen LogP contribution in [0.4, 0.5) is 0 Å². The SMILES string of the molecule is CCO[SiH](CNC(C)(C)CC)OCC. The minimum Gasteiger partial charge on any atom is -0.396 e. The molecular formula is C10H25NO2Si. The Balaban J connectivity index is 3.80. The predicted molar refractivity (Wildman–Crippen MR) is 62.8 cm³/mol. The summed E-state index contributed by atoms with van der Waals surface area (Å²) in [6.07, 6.45) is 2.01. The van der Waals surface area contributed by atoms with Crippen LogP contribution in [0.25, 0.3) is 0 Å². The first kappa shape index (κ1) is 14.1. The summed E-state index contributed by atoms with van der Waals surface area (Å²) in [7, 11) is -1.46. The van der Waals surface area contributed by atoms with Crippen molar-refractivity contribution in [3.05, 3.63) is 0 Å². The van der Waals surface area contributed by atoms with E-state index in [0.29, 0.717) is 0 Å². The first-order valence-corrected chi connectivity index (χ1v) is 7.29. The van der Waals surface area contributed by atoms with E-state index in [-0.39, 0.29) is 5.54 Å². The molecule has 0 bridgehead atoms. The van der Waals surface area contributed by atoms with E-state index in [1.807, 2.05) is 13.8 Å². The van der Waals surface area contributed by atoms with Gasteiger partial charge in [-0.05, 0) is 34.1 Å². The second-order valence-corrected chi connectivity index (χ2v) is 5.89. The Bertz CT molecular complexity index is 136. The fourth-order valence-electron chi connectivity index (χ4n) is 1.02. The largest absolute Gasteiger partial charge is 0.396 e. The molecule has 1 N–H and O–H groups in total. The van der Waals surface area contributed by atoms with Crippen LogP contribution in [0.2, 0.25) is 0 Å². The van der Waals surface area contributed by atoms with Gasteiger partial charge in [-0.2, -0.15) is 0 Å². The standard InChI is InChI=1S/C10H25NO2Si/c1-6-10(4,5)11-9-14(12-7-2)13-8-3/h11,14H,6-9H2,1-5H3. The molecule has 14 heavy (non-hydrogen) atoms. The highest BCUT2D eigenvalue weighted by Gasteiger charge is 2.19. The number of hydrogen-bond acceptors (Lipinski definition) is 3. The van der Waals surface area contributed by atoms with Crippen molar-refractivity contribution in [2.75, 3.05) is 19.4 Å². The number of rotatable bonds is 8. The highest BCUT2D eigenvalue weighted by molar-refractivity contribution is 6.44. The average molecular weight is 219 g/mol. The van der Waals surface area contributed by atoms with Gasteiger partial charge in [0.15, 0.2) is 0 Å². The van der Waals surface area contributed by atoms with Crippen molar-refractivity contribution in [3.8, 4) is 0 Å². The smallest absolute Gasteiger partial charge is 0.335 e. The Labute approximate surface area is 90.0 Å². The Morgan fingerprint density at radius 3 is 1.93 bits per heavy atom. The van der Waals surface area contributed by atoms with E-state index in [2.05, 4.69) is 26.1 Å². The fraction of sp³-hybridized carbons (Fsp3) is 1.00. The molecular weight excluding hydrogens is 194 g/mol. The summed E-state index contributed by atoms with van der Waals surface area (Å²) in [6.45, 7) is 12.1. The van der Waals surface area contributed by atoms with Gasteiger partial charge in [0, 0.05) is 24.9 Å². The van der Waals surface area contributed by atoms with Gasteiger partial charge in [-0.25, -0.2) is 0 Å². The quantitative estimate of drug-likeness (QED) is 0.629. The van der Waals surface area contributed by atoms with Crippen LogP contribution in [0, 0.1) is 0 Å². The van der Waals surface area contributed by atoms with E-state index in [9.17, 15) is 0 Å². The zero-order chi connectivity index (χ0) is 11.0. The summed E-state index contributed by atoms with van der Waals surface area (Å²) >= 11 is 0. The lowest BCUT2D eigenvalue weighted by Gasteiger charge is -2.26. The normalized spacial score (nSPS) is 12.4. The lowest BCUT2D eigenvalue weighted by Crippen LogP contribution is -2.46. The maximum atomic E-state index is 5.58. The maximum Gasteiger partial charge on any atom is 0.335 e. The Morgan fingerprint density at radius 2 is 1.57 bits per heavy atom. The molecule has 0 spiro atoms. The highest BCUT2D eigenvalue weighted by Crippen LogP contribution is 2.06. The van der Waals surface area contributed by atoms with Gasteiger partial charge in [-0.15, -0.1) is 0 Å². The van der Waals surface area contributed by atoms with E-state index in [4.69, 9.17) is 8.85 Å². The second-order valence-electron chi connectivity index (χ2n) is 3.96. The van der Waals surface area contributed by atoms with Gasteiger partial charge in [0.1, 0.15) is 0 Å². The van der Waals surface area contributed by atoms with Crippen molar-refractivity contribution in [2.24, 2.45) is 0 Å². The Hall–Kier alpha value is 0.0969. The van der Waals surface area contributed by atoms with Crippen LogP contribution in [-0.2, 0) is 8.85 Å². The molecule has 0 aliphatic carbocycles. The van der Waals surface area contributed by atoms with Gasteiger partial charge in [-0.3, -0.25) is 0 Å². The summed E-state index contributed by atoms with van der Waals surface area (Å²) < 4.78 is 11.2. The van der Waals surface area contributed by atoms with E-state index in [0.717, 1.165) is 25.8 Å². The van der Waals surface area contributed by atoms with Crippen LogP contribution in [0.5, 0.6) is 0 Å². The lowest BCUT2D eigenvalue weighted by molar-refractivity contribution is 0.207. The Kier molecular flexibility index (Phi) is 7.45. The molecule has 0 unspecified atom stereocenters. The highest BCUT2D eigenvalue weighted by atomic mass is 28.3. The van der Waals surface area contributed by atoms with Crippen molar-refractivity contribution < 1.29 is 8.85 Å². The molecule has 0 aliphatic rings. The molecule has 4 heteroatoms. The molecule has 86 valence electrons. The van der Waals surface area contributed by atoms with Crippen LogP contribution in [-0.4, -0.2) is 34.2 Å². The molecule has 3 nitrogen and oxygen atoms in total. The molecule has 0 aliphatic heterocycles. The molecule has 0 atom stereocenters. The first-order valence-electron chi connectivity index (χ1n) is 5.54. The van der Waals surface area contributed by atoms with Gasteiger partial charge in [0.25, 0.3) is 0 Å². The van der Waals surface area contributed by atoms with Gasteiger partial charge < -0.3 is 14.2 Å². The summed E-state index contributed by atoms with van der Waals surface area (Å²) in [5.41, 5.74) is 0.194. The van der Waals surface area contributed by atoms with Crippen molar-refractivity contribution in [2.45, 2.75) is 46.6 Å². The molecule has 0 aromatic rings. The molecule has 0 saturated heterocycles. The molecule has 0 rings (SSSR count). The van der Waals surface area contributed by atoms with Crippen molar-refractivity contribution in [1.82, 2.24) is 5.32 Å². The van der Waals surface area contributed by atoms with Crippen LogP contribution in [0.1, 0.15) is 41.0 Å². The van der Waals surface area contributed by atoms with Crippen LogP contribution >= 0.6 is 0 Å². The minimum absolute atomic E-state index is 0.194. The Morgan fingerprint density at radius 1 is 1.07 bits per heavy atom. The second kappa shape index (κ2) is 7.40. The molecule has 0 aromatic heterocycles. The maximum absolute atomic E-state index is 5.58. The van der Waals surface area contributed by atoms with Crippen molar-refractivity contribution in [3.63, 3.8) is 0 Å². The van der Waals surface area contributed by atoms with E-state index >= 15 is 0 Å². The topological polar surface area (TPSA) is 30.5 Å². The van der Waals surface area contributed by atoms with Crippen molar-refractivity contribution >= 4 is 9.28 Å². The summed E-state index contributed by atoms with van der Waals surface area (Å²) in [5.74, 6) is 0. The third-order valence-electron chi connectivity index (χ3n) is 2.34. The van der Waals surface area contributed by atoms with Crippen LogP contribution in [0.15, 0.2) is 0 Å². The van der Waals surface area contributed by atoms with E-state index < -0.39 is 9.28 Å². The van der Waals surface area contributed by atoms with Gasteiger partial charge in [0.2, 0.25) is 0 Å². The fourth-order valence-corrected chi connectivity index (χ4v) is 2.82. The molecule has 0 amide bonds. The lowest BCUT2D eigenvalue weighted by atomic mass is 10.0. The molecule has 0 aromatic carbocycles. The number of hydrogen-bond donors (Lipinski definition) is 1. The zero-order valence-electron chi connectivity index (χ0n) is 10.2. The van der Waals surface area contributed by atoms with E-state index in [1.165, 1.54) is 0 Å². The summed E-state index contributed by atoms with van der Waals surface area (Å²) in [6, 6.07) is 0. The summed E-state index contributed by atoms with van der Waals surface area (Å²) in [5, 5.41) is 3.49. The van der Waals surface area contributed by atoms with E-state index in [1.54, 1.807) is 0 Å². The minimum atomic E-state index is -1.46. The van der Waals surface area contributed by atoms with Gasteiger partial charge in [-0.1, -0.05) is 6.92 Å². The summed E-state index contributed by atoms with van der Waals surface area (Å²) in [4.78, 5) is 0. The molecule has 0 fully saturated rings. The third-order valence-corrected chi connectivity index (χ3v) is 4.28. The molecule has 0 radical (unpaired) electrons. The number of nitrogens with one attached hydrogen (secondary N) is 1. The zero-order valence-corrected chi connectivity index (χ0v) is 11.4. The van der Waals surface area contributed by atoms with Crippen molar-refractivity contribution in [1.29, 1.82) is 0 Å². The van der Waals surface area contributed by atoms with Crippen LogP contribution < -0.4 is 5.32 Å². The molecule has 0 saturated carbocycles. The van der Waals surface area contributed by atoms with Gasteiger partial charge >= 0.3 is 9.28 Å². The first-order chi connectivity index (χ1) is 6.55. The predicted octanol–water partition coefficient (Wildman–Crippen LogP) is 1.60. The van der Waals surface area contributed by atoms with Crippen LogP contribution in [0.3, 0.4) is 0 Å². The molecule has 0 heterocycles. The van der Waals surface area contributed by atoms with Gasteiger partial charge in [0.05, 0.1) is 0 Å². The monoisotopic (exact) mass is 219 g/mol. The average Bonchev–Trinajstić information content (AvgIpc) is 2.15. The third kappa shape index (κ3) is 6.54.